The first-order chi connectivity index (χ1) is 9.70. The van der Waals surface area contributed by atoms with Crippen LogP contribution in [-0.2, 0) is 6.54 Å². The Morgan fingerprint density at radius 1 is 1.55 bits per heavy atom. The fraction of sp³-hybridized carbons (Fsp3) is 0.562. The van der Waals surface area contributed by atoms with Crippen LogP contribution in [0.5, 0.6) is 0 Å². The molecule has 2 atom stereocenters. The van der Waals surface area contributed by atoms with Gasteiger partial charge >= 0.3 is 6.03 Å². The number of hydrogen-bond donors (Lipinski definition) is 1. The molecule has 0 spiro atoms. The van der Waals surface area contributed by atoms with Gasteiger partial charge in [-0.2, -0.15) is 0 Å². The van der Waals surface area contributed by atoms with Crippen LogP contribution in [0, 0.1) is 5.92 Å². The predicted octanol–water partition coefficient (Wildman–Crippen LogP) is 4.02. The summed E-state index contributed by atoms with van der Waals surface area (Å²) in [5, 5.41) is 5.25. The lowest BCUT2D eigenvalue weighted by molar-refractivity contribution is 0.185. The third-order valence-corrected chi connectivity index (χ3v) is 4.84. The fourth-order valence-electron chi connectivity index (χ4n) is 2.75. The number of rotatable bonds is 5. The molecular weight excluding hydrogens is 268 g/mol. The van der Waals surface area contributed by atoms with E-state index in [4.69, 9.17) is 0 Å². The number of carbonyl (C=O) groups is 1. The summed E-state index contributed by atoms with van der Waals surface area (Å²) in [6, 6.07) is 4.45. The maximum absolute atomic E-state index is 12.4. The van der Waals surface area contributed by atoms with Crippen LogP contribution in [0.4, 0.5) is 4.79 Å². The van der Waals surface area contributed by atoms with Gasteiger partial charge in [0.1, 0.15) is 0 Å². The van der Waals surface area contributed by atoms with E-state index in [1.165, 1.54) is 24.1 Å². The van der Waals surface area contributed by atoms with Gasteiger partial charge in [0.05, 0.1) is 6.54 Å². The number of hydrogen-bond acceptors (Lipinski definition) is 2. The molecule has 1 aromatic rings. The van der Waals surface area contributed by atoms with Crippen molar-refractivity contribution in [1.29, 1.82) is 0 Å². The van der Waals surface area contributed by atoms with E-state index in [9.17, 15) is 4.79 Å². The van der Waals surface area contributed by atoms with Crippen LogP contribution in [-0.4, -0.2) is 23.5 Å². The summed E-state index contributed by atoms with van der Waals surface area (Å²) in [4.78, 5) is 15.5. The van der Waals surface area contributed by atoms with Gasteiger partial charge in [0.15, 0.2) is 0 Å². The fourth-order valence-corrected chi connectivity index (χ4v) is 3.47. The molecule has 2 rings (SSSR count). The van der Waals surface area contributed by atoms with Crippen molar-refractivity contribution >= 4 is 17.4 Å². The van der Waals surface area contributed by atoms with E-state index < -0.39 is 0 Å². The summed E-state index contributed by atoms with van der Waals surface area (Å²) in [5.74, 6) is 0.583. The van der Waals surface area contributed by atoms with Crippen LogP contribution >= 0.6 is 11.3 Å². The van der Waals surface area contributed by atoms with Crippen LogP contribution < -0.4 is 5.32 Å². The SMILES string of the molecule is C=CCN(Cc1cccs1)C(=O)NC1CCCCC1C. The minimum Gasteiger partial charge on any atom is -0.335 e. The highest BCUT2D eigenvalue weighted by molar-refractivity contribution is 7.09. The zero-order valence-electron chi connectivity index (χ0n) is 12.2. The normalized spacial score (nSPS) is 22.2. The van der Waals surface area contributed by atoms with E-state index in [2.05, 4.69) is 24.9 Å². The first-order valence-corrected chi connectivity index (χ1v) is 8.27. The Morgan fingerprint density at radius 3 is 3.00 bits per heavy atom. The lowest BCUT2D eigenvalue weighted by Crippen LogP contribution is -2.47. The average Bonchev–Trinajstić information content (AvgIpc) is 2.94. The number of amides is 2. The monoisotopic (exact) mass is 292 g/mol. The van der Waals surface area contributed by atoms with Crippen molar-refractivity contribution in [3.8, 4) is 0 Å². The van der Waals surface area contributed by atoms with Gasteiger partial charge in [-0.25, -0.2) is 4.79 Å². The van der Waals surface area contributed by atoms with Gasteiger partial charge in [-0.05, 0) is 30.2 Å². The molecule has 1 aliphatic carbocycles. The van der Waals surface area contributed by atoms with E-state index >= 15 is 0 Å². The second-order valence-corrected chi connectivity index (χ2v) is 6.60. The average molecular weight is 292 g/mol. The number of nitrogens with zero attached hydrogens (tertiary/aromatic N) is 1. The zero-order chi connectivity index (χ0) is 14.4. The van der Waals surface area contributed by atoms with Crippen LogP contribution in [0.25, 0.3) is 0 Å². The second kappa shape index (κ2) is 7.48. The summed E-state index contributed by atoms with van der Waals surface area (Å²) in [6.45, 7) is 7.24. The summed E-state index contributed by atoms with van der Waals surface area (Å²) >= 11 is 1.69. The number of thiophene rings is 1. The van der Waals surface area contributed by atoms with Crippen LogP contribution in [0.15, 0.2) is 30.2 Å². The molecule has 0 aromatic carbocycles. The first-order valence-electron chi connectivity index (χ1n) is 7.39. The maximum Gasteiger partial charge on any atom is 0.318 e. The molecule has 1 N–H and O–H groups in total. The Bertz CT molecular complexity index is 430. The van der Waals surface area contributed by atoms with Gasteiger partial charge in [-0.15, -0.1) is 17.9 Å². The summed E-state index contributed by atoms with van der Waals surface area (Å²) in [6.07, 6.45) is 6.63. The molecule has 1 heterocycles. The molecule has 2 amide bonds. The van der Waals surface area contributed by atoms with Crippen LogP contribution in [0.2, 0.25) is 0 Å². The highest BCUT2D eigenvalue weighted by Gasteiger charge is 2.24. The standard InChI is InChI=1S/C16H24N2OS/c1-3-10-18(12-14-8-6-11-20-14)16(19)17-15-9-5-4-7-13(15)2/h3,6,8,11,13,15H,1,4-5,7,9-10,12H2,2H3,(H,17,19). The quantitative estimate of drug-likeness (QED) is 0.817. The van der Waals surface area contributed by atoms with Crippen molar-refractivity contribution in [1.82, 2.24) is 10.2 Å². The van der Waals surface area contributed by atoms with E-state index in [0.717, 1.165) is 6.42 Å². The molecule has 0 bridgehead atoms. The summed E-state index contributed by atoms with van der Waals surface area (Å²) in [7, 11) is 0. The van der Waals surface area contributed by atoms with E-state index in [1.54, 1.807) is 17.4 Å². The van der Waals surface area contributed by atoms with Gasteiger partial charge in [0, 0.05) is 17.5 Å². The number of urea groups is 1. The summed E-state index contributed by atoms with van der Waals surface area (Å²) in [5.41, 5.74) is 0. The highest BCUT2D eigenvalue weighted by Crippen LogP contribution is 2.24. The van der Waals surface area contributed by atoms with Crippen LogP contribution in [0.3, 0.4) is 0 Å². The van der Waals surface area contributed by atoms with Gasteiger partial charge < -0.3 is 10.2 Å². The van der Waals surface area contributed by atoms with E-state index in [-0.39, 0.29) is 6.03 Å². The third kappa shape index (κ3) is 4.10. The second-order valence-electron chi connectivity index (χ2n) is 5.57. The topological polar surface area (TPSA) is 32.3 Å². The highest BCUT2D eigenvalue weighted by atomic mass is 32.1. The Labute approximate surface area is 125 Å². The van der Waals surface area contributed by atoms with Crippen molar-refractivity contribution in [3.05, 3.63) is 35.0 Å². The van der Waals surface area contributed by atoms with Crippen molar-refractivity contribution in [2.75, 3.05) is 6.54 Å². The molecular formula is C16H24N2OS. The molecule has 1 aliphatic rings. The maximum atomic E-state index is 12.4. The Balaban J connectivity index is 1.93. The molecule has 0 aliphatic heterocycles. The van der Waals surface area contributed by atoms with Gasteiger partial charge in [-0.3, -0.25) is 0 Å². The van der Waals surface area contributed by atoms with Gasteiger partial charge in [0.25, 0.3) is 0 Å². The molecule has 0 saturated heterocycles. The Kier molecular flexibility index (Phi) is 5.65. The largest absolute Gasteiger partial charge is 0.335 e. The summed E-state index contributed by atoms with van der Waals surface area (Å²) < 4.78 is 0. The predicted molar refractivity (Wildman–Crippen MR) is 84.9 cm³/mol. The molecule has 1 aromatic heterocycles. The third-order valence-electron chi connectivity index (χ3n) is 3.98. The Morgan fingerprint density at radius 2 is 2.35 bits per heavy atom. The Hall–Kier alpha value is -1.29. The van der Waals surface area contributed by atoms with E-state index in [0.29, 0.717) is 25.0 Å². The molecule has 1 saturated carbocycles. The molecule has 0 radical (unpaired) electrons. The minimum absolute atomic E-state index is 0.0389. The van der Waals surface area contributed by atoms with Crippen LogP contribution in [0.1, 0.15) is 37.5 Å². The number of carbonyl (C=O) groups excluding carboxylic acids is 1. The van der Waals surface area contributed by atoms with Gasteiger partial charge in [-0.1, -0.05) is 31.9 Å². The lowest BCUT2D eigenvalue weighted by atomic mass is 9.86. The molecule has 1 fully saturated rings. The van der Waals surface area contributed by atoms with E-state index in [1.807, 2.05) is 16.3 Å². The molecule has 20 heavy (non-hydrogen) atoms. The minimum atomic E-state index is 0.0389. The molecule has 2 unspecified atom stereocenters. The van der Waals surface area contributed by atoms with Gasteiger partial charge in [0.2, 0.25) is 0 Å². The first kappa shape index (κ1) is 15.1. The lowest BCUT2D eigenvalue weighted by Gasteiger charge is -2.32. The van der Waals surface area contributed by atoms with Crippen molar-refractivity contribution in [3.63, 3.8) is 0 Å². The van der Waals surface area contributed by atoms with Crippen molar-refractivity contribution in [2.24, 2.45) is 5.92 Å². The van der Waals surface area contributed by atoms with Crippen molar-refractivity contribution < 1.29 is 4.79 Å². The zero-order valence-corrected chi connectivity index (χ0v) is 13.0. The smallest absolute Gasteiger partial charge is 0.318 e. The number of nitrogens with one attached hydrogen (secondary N) is 1. The molecule has 4 heteroatoms. The van der Waals surface area contributed by atoms with Crippen molar-refractivity contribution in [2.45, 2.75) is 45.2 Å². The molecule has 110 valence electrons. The molecule has 3 nitrogen and oxygen atoms in total.